The van der Waals surface area contributed by atoms with Gasteiger partial charge < -0.3 is 0 Å². The van der Waals surface area contributed by atoms with Gasteiger partial charge in [-0.05, 0) is 12.8 Å². The average molecular weight is 221 g/mol. The van der Waals surface area contributed by atoms with Gasteiger partial charge in [0.2, 0.25) is 15.9 Å². The molecule has 0 spiro atoms. The Hall–Kier alpha value is -0.580. The Kier molecular flexibility index (Phi) is 6.53. The lowest BCUT2D eigenvalue weighted by molar-refractivity contribution is -0.119. The van der Waals surface area contributed by atoms with Crippen molar-refractivity contribution in [1.82, 2.24) is 4.72 Å². The normalized spacial score (nSPS) is 11.3. The molecule has 0 saturated carbocycles. The van der Waals surface area contributed by atoms with E-state index in [1.807, 2.05) is 13.8 Å². The fraction of sp³-hybridized carbons (Fsp3) is 0.889. The lowest BCUT2D eigenvalue weighted by atomic mass is 10.2. The molecule has 5 heteroatoms. The van der Waals surface area contributed by atoms with Crippen molar-refractivity contribution in [2.45, 2.75) is 46.0 Å². The van der Waals surface area contributed by atoms with Gasteiger partial charge in [0.15, 0.2) is 0 Å². The summed E-state index contributed by atoms with van der Waals surface area (Å²) in [6.07, 6.45) is 3.32. The van der Waals surface area contributed by atoms with Gasteiger partial charge in [0.1, 0.15) is 0 Å². The molecule has 0 aliphatic carbocycles. The number of nitrogens with one attached hydrogen (secondary N) is 1. The monoisotopic (exact) mass is 221 g/mol. The SMILES string of the molecule is CCCCC(=O)NS(=O)(=O)CCCC. The number of carbonyl (C=O) groups excluding carboxylic acids is 1. The number of sulfonamides is 1. The molecule has 0 rings (SSSR count). The summed E-state index contributed by atoms with van der Waals surface area (Å²) >= 11 is 0. The molecule has 0 radical (unpaired) electrons. The molecule has 0 unspecified atom stereocenters. The molecular formula is C9H19NO3S. The highest BCUT2D eigenvalue weighted by Crippen LogP contribution is 1.97. The van der Waals surface area contributed by atoms with E-state index in [1.165, 1.54) is 0 Å². The smallest absolute Gasteiger partial charge is 0.234 e. The van der Waals surface area contributed by atoms with Crippen molar-refractivity contribution < 1.29 is 13.2 Å². The molecule has 1 N–H and O–H groups in total. The largest absolute Gasteiger partial charge is 0.274 e. The highest BCUT2D eigenvalue weighted by atomic mass is 32.2. The summed E-state index contributed by atoms with van der Waals surface area (Å²) in [5, 5.41) is 0. The zero-order chi connectivity index (χ0) is 11.0. The van der Waals surface area contributed by atoms with Crippen LogP contribution in [0.3, 0.4) is 0 Å². The first-order valence-corrected chi connectivity index (χ1v) is 6.70. The molecule has 0 atom stereocenters. The molecule has 0 fully saturated rings. The Labute approximate surface area is 86.1 Å². The van der Waals surface area contributed by atoms with Crippen LogP contribution in [0.2, 0.25) is 0 Å². The topological polar surface area (TPSA) is 63.2 Å². The third kappa shape index (κ3) is 6.88. The van der Waals surface area contributed by atoms with E-state index in [0.717, 1.165) is 19.3 Å². The second-order valence-electron chi connectivity index (χ2n) is 3.30. The summed E-state index contributed by atoms with van der Waals surface area (Å²) in [5.41, 5.74) is 0. The van der Waals surface area contributed by atoms with Crippen LogP contribution in [0, 0.1) is 0 Å². The quantitative estimate of drug-likeness (QED) is 0.707. The first-order valence-electron chi connectivity index (χ1n) is 5.05. The molecule has 0 aliphatic rings. The molecule has 14 heavy (non-hydrogen) atoms. The summed E-state index contributed by atoms with van der Waals surface area (Å²) < 4.78 is 24.5. The molecular weight excluding hydrogens is 202 g/mol. The minimum absolute atomic E-state index is 0.0430. The first-order chi connectivity index (χ1) is 6.52. The van der Waals surface area contributed by atoms with Crippen LogP contribution in [-0.4, -0.2) is 20.1 Å². The van der Waals surface area contributed by atoms with Gasteiger partial charge in [-0.2, -0.15) is 0 Å². The summed E-state index contributed by atoms with van der Waals surface area (Å²) in [5.74, 6) is -0.343. The van der Waals surface area contributed by atoms with Gasteiger partial charge in [0.25, 0.3) is 0 Å². The van der Waals surface area contributed by atoms with E-state index in [9.17, 15) is 13.2 Å². The van der Waals surface area contributed by atoms with Crippen LogP contribution in [0.4, 0.5) is 0 Å². The van der Waals surface area contributed by atoms with Crippen LogP contribution < -0.4 is 4.72 Å². The number of amides is 1. The first kappa shape index (κ1) is 13.4. The van der Waals surface area contributed by atoms with Crippen LogP contribution in [0.25, 0.3) is 0 Å². The van der Waals surface area contributed by atoms with Crippen LogP contribution >= 0.6 is 0 Å². The van der Waals surface area contributed by atoms with E-state index >= 15 is 0 Å². The van der Waals surface area contributed by atoms with Crippen LogP contribution in [0.1, 0.15) is 46.0 Å². The molecule has 0 bridgehead atoms. The minimum atomic E-state index is -3.37. The van der Waals surface area contributed by atoms with Gasteiger partial charge >= 0.3 is 0 Å². The van der Waals surface area contributed by atoms with Crippen molar-refractivity contribution in [3.63, 3.8) is 0 Å². The fourth-order valence-electron chi connectivity index (χ4n) is 0.947. The van der Waals surface area contributed by atoms with Crippen molar-refractivity contribution in [2.75, 3.05) is 5.75 Å². The van der Waals surface area contributed by atoms with Gasteiger partial charge in [-0.3, -0.25) is 9.52 Å². The van der Waals surface area contributed by atoms with Crippen molar-refractivity contribution >= 4 is 15.9 Å². The van der Waals surface area contributed by atoms with Gasteiger partial charge in [-0.1, -0.05) is 26.7 Å². The zero-order valence-electron chi connectivity index (χ0n) is 8.88. The number of carbonyl (C=O) groups is 1. The Bertz CT molecular complexity index is 259. The molecule has 0 aromatic rings. The molecule has 0 aromatic carbocycles. The van der Waals surface area contributed by atoms with E-state index in [2.05, 4.69) is 4.72 Å². The van der Waals surface area contributed by atoms with Crippen LogP contribution in [0.15, 0.2) is 0 Å². The van der Waals surface area contributed by atoms with Crippen molar-refractivity contribution in [3.05, 3.63) is 0 Å². The highest BCUT2D eigenvalue weighted by molar-refractivity contribution is 7.90. The van der Waals surface area contributed by atoms with E-state index < -0.39 is 10.0 Å². The minimum Gasteiger partial charge on any atom is -0.274 e. The lowest BCUT2D eigenvalue weighted by Gasteiger charge is -2.05. The van der Waals surface area contributed by atoms with E-state index in [0.29, 0.717) is 12.8 Å². The van der Waals surface area contributed by atoms with E-state index in [1.54, 1.807) is 0 Å². The Morgan fingerprint density at radius 3 is 2.21 bits per heavy atom. The van der Waals surface area contributed by atoms with Gasteiger partial charge in [0, 0.05) is 6.42 Å². The second kappa shape index (κ2) is 6.81. The second-order valence-corrected chi connectivity index (χ2v) is 5.14. The lowest BCUT2D eigenvalue weighted by Crippen LogP contribution is -2.32. The fourth-order valence-corrected chi connectivity index (χ4v) is 2.17. The number of rotatable bonds is 7. The van der Waals surface area contributed by atoms with E-state index in [-0.39, 0.29) is 11.7 Å². The predicted molar refractivity (Wildman–Crippen MR) is 56.4 cm³/mol. The summed E-state index contributed by atoms with van der Waals surface area (Å²) in [6.45, 7) is 3.87. The number of unbranched alkanes of at least 4 members (excludes halogenated alkanes) is 2. The third-order valence-electron chi connectivity index (χ3n) is 1.79. The molecule has 0 aliphatic heterocycles. The maximum absolute atomic E-state index is 11.2. The standard InChI is InChI=1S/C9H19NO3S/c1-3-5-7-9(11)10-14(12,13)8-6-4-2/h3-8H2,1-2H3,(H,10,11). The summed E-state index contributed by atoms with van der Waals surface area (Å²) in [6, 6.07) is 0. The molecule has 0 aromatic heterocycles. The Morgan fingerprint density at radius 1 is 1.14 bits per heavy atom. The van der Waals surface area contributed by atoms with Crippen molar-refractivity contribution in [3.8, 4) is 0 Å². The third-order valence-corrected chi connectivity index (χ3v) is 3.16. The molecule has 1 amide bonds. The Morgan fingerprint density at radius 2 is 1.71 bits per heavy atom. The number of hydrogen-bond donors (Lipinski definition) is 1. The summed E-state index contributed by atoms with van der Waals surface area (Å²) in [4.78, 5) is 11.1. The average Bonchev–Trinajstić information content (AvgIpc) is 2.11. The molecule has 4 nitrogen and oxygen atoms in total. The maximum Gasteiger partial charge on any atom is 0.234 e. The summed E-state index contributed by atoms with van der Waals surface area (Å²) in [7, 11) is -3.37. The number of hydrogen-bond acceptors (Lipinski definition) is 3. The Balaban J connectivity index is 3.90. The molecule has 0 saturated heterocycles. The molecule has 84 valence electrons. The zero-order valence-corrected chi connectivity index (χ0v) is 9.69. The highest BCUT2D eigenvalue weighted by Gasteiger charge is 2.12. The molecule has 0 heterocycles. The predicted octanol–water partition coefficient (Wildman–Crippen LogP) is 1.42. The van der Waals surface area contributed by atoms with Crippen LogP contribution in [-0.2, 0) is 14.8 Å². The van der Waals surface area contributed by atoms with Gasteiger partial charge in [0.05, 0.1) is 5.75 Å². The van der Waals surface area contributed by atoms with E-state index in [4.69, 9.17) is 0 Å². The van der Waals surface area contributed by atoms with Gasteiger partial charge in [-0.25, -0.2) is 8.42 Å². The maximum atomic E-state index is 11.2. The van der Waals surface area contributed by atoms with Crippen molar-refractivity contribution in [2.24, 2.45) is 0 Å². The van der Waals surface area contributed by atoms with Crippen molar-refractivity contribution in [1.29, 1.82) is 0 Å². The van der Waals surface area contributed by atoms with Crippen LogP contribution in [0.5, 0.6) is 0 Å². The van der Waals surface area contributed by atoms with Gasteiger partial charge in [-0.15, -0.1) is 0 Å².